The number of thiophene rings is 1. The molecule has 1 amide bonds. The maximum absolute atomic E-state index is 12.5. The number of carbonyl (C=O) groups excluding carboxylic acids is 1. The second kappa shape index (κ2) is 9.46. The molecule has 31 heavy (non-hydrogen) atoms. The fourth-order valence-electron chi connectivity index (χ4n) is 3.13. The van der Waals surface area contributed by atoms with Crippen LogP contribution in [0.4, 0.5) is 11.5 Å². The number of ether oxygens (including phenoxy) is 1. The number of sulfonamides is 1. The fraction of sp³-hybridized carbons (Fsp3) is 0.238. The van der Waals surface area contributed by atoms with E-state index in [4.69, 9.17) is 4.74 Å². The number of amides is 1. The molecule has 0 spiro atoms. The van der Waals surface area contributed by atoms with Gasteiger partial charge in [0, 0.05) is 37.1 Å². The van der Waals surface area contributed by atoms with Crippen LogP contribution in [-0.4, -0.2) is 45.6 Å². The van der Waals surface area contributed by atoms with Gasteiger partial charge in [0.25, 0.3) is 15.9 Å². The molecule has 4 rings (SSSR count). The Bertz CT molecular complexity index is 1130. The Hall–Kier alpha value is -2.95. The molecule has 3 aromatic rings. The van der Waals surface area contributed by atoms with Gasteiger partial charge < -0.3 is 15.0 Å². The van der Waals surface area contributed by atoms with E-state index in [1.165, 1.54) is 0 Å². The van der Waals surface area contributed by atoms with Crippen LogP contribution in [-0.2, 0) is 21.3 Å². The summed E-state index contributed by atoms with van der Waals surface area (Å²) in [5.41, 5.74) is 1.79. The summed E-state index contributed by atoms with van der Waals surface area (Å²) in [5, 5.41) is 4.59. The van der Waals surface area contributed by atoms with Gasteiger partial charge in [-0.3, -0.25) is 9.52 Å². The van der Waals surface area contributed by atoms with Gasteiger partial charge in [-0.1, -0.05) is 6.07 Å². The normalized spacial score (nSPS) is 14.3. The van der Waals surface area contributed by atoms with Crippen LogP contribution < -0.4 is 14.9 Å². The van der Waals surface area contributed by atoms with Crippen LogP contribution in [0.25, 0.3) is 0 Å². The topological polar surface area (TPSA) is 101 Å². The van der Waals surface area contributed by atoms with Crippen molar-refractivity contribution in [3.63, 3.8) is 0 Å². The Balaban J connectivity index is 1.35. The smallest absolute Gasteiger partial charge is 0.271 e. The highest BCUT2D eigenvalue weighted by Gasteiger charge is 2.16. The molecule has 1 aliphatic heterocycles. The van der Waals surface area contributed by atoms with Crippen molar-refractivity contribution in [1.82, 2.24) is 10.3 Å². The van der Waals surface area contributed by atoms with E-state index < -0.39 is 10.0 Å². The summed E-state index contributed by atoms with van der Waals surface area (Å²) >= 11 is 1.14. The zero-order valence-electron chi connectivity index (χ0n) is 16.7. The molecule has 0 saturated carbocycles. The summed E-state index contributed by atoms with van der Waals surface area (Å²) in [4.78, 5) is 19.1. The van der Waals surface area contributed by atoms with E-state index in [2.05, 4.69) is 19.9 Å². The van der Waals surface area contributed by atoms with Gasteiger partial charge in [-0.25, -0.2) is 13.4 Å². The molecule has 0 aliphatic carbocycles. The van der Waals surface area contributed by atoms with Crippen LogP contribution in [0.3, 0.4) is 0 Å². The molecule has 1 aliphatic rings. The molecule has 3 heterocycles. The number of morpholine rings is 1. The van der Waals surface area contributed by atoms with E-state index in [1.54, 1.807) is 48.0 Å². The molecule has 10 heteroatoms. The second-order valence-electron chi connectivity index (χ2n) is 6.92. The Kier molecular flexibility index (Phi) is 6.50. The highest BCUT2D eigenvalue weighted by molar-refractivity contribution is 7.94. The molecule has 2 N–H and O–H groups in total. The summed E-state index contributed by atoms with van der Waals surface area (Å²) < 4.78 is 32.7. The predicted octanol–water partition coefficient (Wildman–Crippen LogP) is 2.71. The van der Waals surface area contributed by atoms with Crippen molar-refractivity contribution in [2.45, 2.75) is 10.8 Å². The quantitative estimate of drug-likeness (QED) is 0.565. The summed E-state index contributed by atoms with van der Waals surface area (Å²) in [6, 6.07) is 13.4. The molecule has 0 radical (unpaired) electrons. The fourth-order valence-corrected chi connectivity index (χ4v) is 5.18. The average molecular weight is 459 g/mol. The summed E-state index contributed by atoms with van der Waals surface area (Å²) in [6.07, 6.45) is 1.74. The Morgan fingerprint density at radius 3 is 2.61 bits per heavy atom. The van der Waals surface area contributed by atoms with Crippen LogP contribution >= 0.6 is 11.3 Å². The minimum absolute atomic E-state index is 0.239. The first-order valence-electron chi connectivity index (χ1n) is 9.73. The van der Waals surface area contributed by atoms with Crippen molar-refractivity contribution >= 4 is 38.8 Å². The lowest BCUT2D eigenvalue weighted by atomic mass is 10.2. The van der Waals surface area contributed by atoms with Gasteiger partial charge in [-0.05, 0) is 53.4 Å². The van der Waals surface area contributed by atoms with E-state index in [-0.39, 0.29) is 10.1 Å². The second-order valence-corrected chi connectivity index (χ2v) is 9.78. The third-order valence-electron chi connectivity index (χ3n) is 4.76. The minimum atomic E-state index is -3.61. The minimum Gasteiger partial charge on any atom is -0.378 e. The molecule has 1 saturated heterocycles. The first kappa shape index (κ1) is 21.3. The number of nitrogens with zero attached hydrogens (tertiary/aromatic N) is 2. The van der Waals surface area contributed by atoms with Crippen LogP contribution in [0, 0.1) is 0 Å². The number of hydrogen-bond acceptors (Lipinski definition) is 7. The lowest BCUT2D eigenvalue weighted by Gasteiger charge is -2.28. The van der Waals surface area contributed by atoms with Crippen LogP contribution in [0.2, 0.25) is 0 Å². The Labute approximate surface area is 184 Å². The number of nitrogens with one attached hydrogen (secondary N) is 2. The average Bonchev–Trinajstić information content (AvgIpc) is 3.35. The number of hydrogen-bond donors (Lipinski definition) is 2. The number of carbonyl (C=O) groups is 1. The van der Waals surface area contributed by atoms with Gasteiger partial charge in [0.15, 0.2) is 0 Å². The summed E-state index contributed by atoms with van der Waals surface area (Å²) in [5.74, 6) is 0.634. The number of benzene rings is 1. The molecular formula is C21H22N4O4S2. The number of rotatable bonds is 7. The molecule has 1 fully saturated rings. The van der Waals surface area contributed by atoms with Gasteiger partial charge >= 0.3 is 0 Å². The maximum Gasteiger partial charge on any atom is 0.271 e. The number of aromatic nitrogens is 1. The summed E-state index contributed by atoms with van der Waals surface area (Å²) in [6.45, 7) is 3.33. The Morgan fingerprint density at radius 2 is 1.90 bits per heavy atom. The predicted molar refractivity (Wildman–Crippen MR) is 120 cm³/mol. The molecule has 0 bridgehead atoms. The van der Waals surface area contributed by atoms with Gasteiger partial charge in [-0.15, -0.1) is 11.3 Å². The van der Waals surface area contributed by atoms with E-state index in [0.717, 1.165) is 35.8 Å². The zero-order chi connectivity index (χ0) is 21.7. The van der Waals surface area contributed by atoms with Crippen molar-refractivity contribution in [1.29, 1.82) is 0 Å². The molecule has 2 aromatic heterocycles. The van der Waals surface area contributed by atoms with Crippen LogP contribution in [0.15, 0.2) is 64.3 Å². The standard InChI is InChI=1S/C21H22N4O4S2/c26-21(23-15-16-7-8-22-19(14-16)25-9-11-29-12-10-25)17-3-5-18(6-4-17)24-31(27,28)20-2-1-13-30-20/h1-8,13-14,24H,9-12,15H2,(H,23,26). The number of pyridine rings is 1. The lowest BCUT2D eigenvalue weighted by Crippen LogP contribution is -2.36. The maximum atomic E-state index is 12.5. The van der Waals surface area contributed by atoms with Crippen LogP contribution in [0.1, 0.15) is 15.9 Å². The van der Waals surface area contributed by atoms with Crippen molar-refractivity contribution < 1.29 is 17.9 Å². The Morgan fingerprint density at radius 1 is 1.13 bits per heavy atom. The van der Waals surface area contributed by atoms with E-state index in [1.807, 2.05) is 12.1 Å². The van der Waals surface area contributed by atoms with Crippen molar-refractivity contribution in [3.8, 4) is 0 Å². The third-order valence-corrected chi connectivity index (χ3v) is 7.54. The highest BCUT2D eigenvalue weighted by atomic mass is 32.2. The largest absolute Gasteiger partial charge is 0.378 e. The van der Waals surface area contributed by atoms with Crippen molar-refractivity contribution in [3.05, 3.63) is 71.2 Å². The number of anilines is 2. The molecule has 8 nitrogen and oxygen atoms in total. The third kappa shape index (κ3) is 5.40. The van der Waals surface area contributed by atoms with E-state index in [0.29, 0.717) is 31.0 Å². The molecule has 162 valence electrons. The molecule has 1 aromatic carbocycles. The highest BCUT2D eigenvalue weighted by Crippen LogP contribution is 2.20. The monoisotopic (exact) mass is 458 g/mol. The van der Waals surface area contributed by atoms with Crippen LogP contribution in [0.5, 0.6) is 0 Å². The van der Waals surface area contributed by atoms with Gasteiger partial charge in [0.05, 0.1) is 13.2 Å². The first-order valence-corrected chi connectivity index (χ1v) is 12.1. The SMILES string of the molecule is O=C(NCc1ccnc(N2CCOCC2)c1)c1ccc(NS(=O)(=O)c2cccs2)cc1. The lowest BCUT2D eigenvalue weighted by molar-refractivity contribution is 0.0951. The molecule has 0 atom stereocenters. The molecule has 0 unspecified atom stereocenters. The van der Waals surface area contributed by atoms with Gasteiger partial charge in [-0.2, -0.15) is 0 Å². The van der Waals surface area contributed by atoms with Gasteiger partial charge in [0.2, 0.25) is 0 Å². The van der Waals surface area contributed by atoms with E-state index >= 15 is 0 Å². The van der Waals surface area contributed by atoms with E-state index in [9.17, 15) is 13.2 Å². The zero-order valence-corrected chi connectivity index (χ0v) is 18.3. The summed E-state index contributed by atoms with van der Waals surface area (Å²) in [7, 11) is -3.61. The molecular weight excluding hydrogens is 436 g/mol. The van der Waals surface area contributed by atoms with Gasteiger partial charge in [0.1, 0.15) is 10.0 Å². The van der Waals surface area contributed by atoms with Crippen molar-refractivity contribution in [2.75, 3.05) is 35.9 Å². The first-order chi connectivity index (χ1) is 15.0. The van der Waals surface area contributed by atoms with Crippen molar-refractivity contribution in [2.24, 2.45) is 0 Å².